The molecule has 1 saturated heterocycles. The van der Waals surface area contributed by atoms with Crippen molar-refractivity contribution in [3.63, 3.8) is 0 Å². The number of benzene rings is 1. The van der Waals surface area contributed by atoms with Crippen molar-refractivity contribution in [2.45, 2.75) is 71.2 Å². The number of fused-ring (bicyclic) bond motifs is 1. The lowest BCUT2D eigenvalue weighted by Crippen LogP contribution is -2.41. The summed E-state index contributed by atoms with van der Waals surface area (Å²) in [6, 6.07) is 11.3. The zero-order chi connectivity index (χ0) is 25.3. The molecule has 0 bridgehead atoms. The molecule has 36 heavy (non-hydrogen) atoms. The topological polar surface area (TPSA) is 102 Å². The Morgan fingerprint density at radius 1 is 1.28 bits per heavy atom. The van der Waals surface area contributed by atoms with Gasteiger partial charge in [0, 0.05) is 18.7 Å². The SMILES string of the molecule is CCC(C)(C)n1nnnc1[C@H](c1cc2cccc(C)c2[nH]c1=O)N(Cc1ccco1)C[C@H]1CCCO1. The summed E-state index contributed by atoms with van der Waals surface area (Å²) in [6.07, 6.45) is 4.56. The summed E-state index contributed by atoms with van der Waals surface area (Å²) in [5, 5.41) is 13.9. The molecule has 4 aromatic rings. The van der Waals surface area contributed by atoms with Gasteiger partial charge in [-0.25, -0.2) is 4.68 Å². The van der Waals surface area contributed by atoms with Crippen LogP contribution in [0.4, 0.5) is 0 Å². The van der Waals surface area contributed by atoms with E-state index in [1.165, 1.54) is 0 Å². The van der Waals surface area contributed by atoms with Crippen LogP contribution < -0.4 is 5.56 Å². The molecule has 2 atom stereocenters. The van der Waals surface area contributed by atoms with Gasteiger partial charge in [-0.2, -0.15) is 0 Å². The van der Waals surface area contributed by atoms with Gasteiger partial charge in [0.25, 0.3) is 5.56 Å². The Hall–Kier alpha value is -3.30. The van der Waals surface area contributed by atoms with Crippen LogP contribution in [0.5, 0.6) is 0 Å². The molecule has 190 valence electrons. The second-order valence-electron chi connectivity index (χ2n) is 10.3. The number of ether oxygens (including phenoxy) is 1. The summed E-state index contributed by atoms with van der Waals surface area (Å²) in [4.78, 5) is 19.0. The fourth-order valence-corrected chi connectivity index (χ4v) is 4.96. The first-order valence-corrected chi connectivity index (χ1v) is 12.7. The fourth-order valence-electron chi connectivity index (χ4n) is 4.96. The van der Waals surface area contributed by atoms with E-state index in [0.29, 0.717) is 24.5 Å². The average Bonchev–Trinajstić information content (AvgIpc) is 3.64. The Kier molecular flexibility index (Phi) is 6.77. The summed E-state index contributed by atoms with van der Waals surface area (Å²) < 4.78 is 13.6. The largest absolute Gasteiger partial charge is 0.468 e. The Balaban J connectivity index is 1.70. The van der Waals surface area contributed by atoms with E-state index in [2.05, 4.69) is 46.2 Å². The van der Waals surface area contributed by atoms with Crippen LogP contribution in [0.1, 0.15) is 68.8 Å². The summed E-state index contributed by atoms with van der Waals surface area (Å²) >= 11 is 0. The van der Waals surface area contributed by atoms with E-state index in [4.69, 9.17) is 9.15 Å². The van der Waals surface area contributed by atoms with Gasteiger partial charge < -0.3 is 14.1 Å². The molecule has 0 amide bonds. The second kappa shape index (κ2) is 9.99. The maximum absolute atomic E-state index is 13.7. The first-order valence-electron chi connectivity index (χ1n) is 12.7. The van der Waals surface area contributed by atoms with Crippen molar-refractivity contribution in [1.82, 2.24) is 30.1 Å². The highest BCUT2D eigenvalue weighted by Crippen LogP contribution is 2.33. The standard InChI is InChI=1S/C27H34N6O3/c1-5-27(3,4)33-25(29-30-31-33)24(22-15-19-10-6-9-18(2)23(19)28-26(22)34)32(16-20-11-7-13-35-20)17-21-12-8-14-36-21/h6-7,9-11,13,15,21,24H,5,8,12,14,16-17H2,1-4H3,(H,28,34)/t21-,24+/m1/s1. The van der Waals surface area contributed by atoms with Crippen LogP contribution in [-0.4, -0.2) is 49.3 Å². The number of nitrogens with zero attached hydrogens (tertiary/aromatic N) is 5. The Bertz CT molecular complexity index is 1370. The van der Waals surface area contributed by atoms with E-state index >= 15 is 0 Å². The van der Waals surface area contributed by atoms with Gasteiger partial charge in [-0.3, -0.25) is 9.69 Å². The molecule has 9 heteroatoms. The zero-order valence-corrected chi connectivity index (χ0v) is 21.4. The number of para-hydroxylation sites is 1. The van der Waals surface area contributed by atoms with E-state index in [9.17, 15) is 4.79 Å². The van der Waals surface area contributed by atoms with E-state index in [-0.39, 0.29) is 17.2 Å². The van der Waals surface area contributed by atoms with Crippen molar-refractivity contribution in [1.29, 1.82) is 0 Å². The third-order valence-electron chi connectivity index (χ3n) is 7.35. The van der Waals surface area contributed by atoms with Crippen molar-refractivity contribution in [3.8, 4) is 0 Å². The van der Waals surface area contributed by atoms with Gasteiger partial charge in [-0.1, -0.05) is 25.1 Å². The smallest absolute Gasteiger partial charge is 0.253 e. The molecule has 1 aliphatic rings. The zero-order valence-electron chi connectivity index (χ0n) is 21.4. The van der Waals surface area contributed by atoms with Crippen LogP contribution in [0.2, 0.25) is 0 Å². The van der Waals surface area contributed by atoms with Crippen LogP contribution in [0.15, 0.2) is 51.9 Å². The molecule has 1 aromatic carbocycles. The number of furan rings is 1. The predicted octanol–water partition coefficient (Wildman–Crippen LogP) is 4.33. The summed E-state index contributed by atoms with van der Waals surface area (Å²) in [7, 11) is 0. The molecule has 1 N–H and O–H groups in total. The molecule has 0 saturated carbocycles. The minimum atomic E-state index is -0.506. The number of hydrogen-bond acceptors (Lipinski definition) is 7. The van der Waals surface area contributed by atoms with Crippen LogP contribution in [0.3, 0.4) is 0 Å². The van der Waals surface area contributed by atoms with Crippen molar-refractivity contribution < 1.29 is 9.15 Å². The molecule has 0 unspecified atom stereocenters. The summed E-state index contributed by atoms with van der Waals surface area (Å²) in [6.45, 7) is 10.2. The highest BCUT2D eigenvalue weighted by molar-refractivity contribution is 5.82. The Morgan fingerprint density at radius 3 is 2.86 bits per heavy atom. The molecule has 1 fully saturated rings. The minimum absolute atomic E-state index is 0.0627. The summed E-state index contributed by atoms with van der Waals surface area (Å²) in [5.41, 5.74) is 1.98. The van der Waals surface area contributed by atoms with Gasteiger partial charge >= 0.3 is 0 Å². The number of pyridine rings is 1. The molecule has 0 radical (unpaired) electrons. The Morgan fingerprint density at radius 2 is 2.14 bits per heavy atom. The number of aryl methyl sites for hydroxylation is 1. The van der Waals surface area contributed by atoms with E-state index in [1.54, 1.807) is 6.26 Å². The third-order valence-corrected chi connectivity index (χ3v) is 7.35. The highest BCUT2D eigenvalue weighted by Gasteiger charge is 2.36. The van der Waals surface area contributed by atoms with Gasteiger partial charge in [-0.15, -0.1) is 5.10 Å². The maximum atomic E-state index is 13.7. The lowest BCUT2D eigenvalue weighted by atomic mass is 9.98. The maximum Gasteiger partial charge on any atom is 0.253 e. The predicted molar refractivity (Wildman–Crippen MR) is 137 cm³/mol. The molecular weight excluding hydrogens is 456 g/mol. The first-order chi connectivity index (χ1) is 17.4. The van der Waals surface area contributed by atoms with Crippen molar-refractivity contribution >= 4 is 10.9 Å². The van der Waals surface area contributed by atoms with E-state index in [1.807, 2.05) is 48.0 Å². The minimum Gasteiger partial charge on any atom is -0.468 e. The normalized spacial score (nSPS) is 17.3. The molecular formula is C27H34N6O3. The third kappa shape index (κ3) is 4.73. The Labute approximate surface area is 210 Å². The molecule has 4 heterocycles. The van der Waals surface area contributed by atoms with Crippen LogP contribution in [0.25, 0.3) is 10.9 Å². The number of rotatable bonds is 9. The number of aromatic nitrogens is 5. The van der Waals surface area contributed by atoms with Crippen molar-refractivity contribution in [2.24, 2.45) is 0 Å². The van der Waals surface area contributed by atoms with Gasteiger partial charge in [0.1, 0.15) is 11.8 Å². The van der Waals surface area contributed by atoms with Crippen LogP contribution in [-0.2, 0) is 16.8 Å². The van der Waals surface area contributed by atoms with Crippen molar-refractivity contribution in [2.75, 3.05) is 13.2 Å². The van der Waals surface area contributed by atoms with Crippen LogP contribution in [0, 0.1) is 6.92 Å². The second-order valence-corrected chi connectivity index (χ2v) is 10.3. The van der Waals surface area contributed by atoms with Gasteiger partial charge in [0.15, 0.2) is 5.82 Å². The fraction of sp³-hybridized carbons (Fsp3) is 0.481. The molecule has 5 rings (SSSR count). The monoisotopic (exact) mass is 490 g/mol. The van der Waals surface area contributed by atoms with Gasteiger partial charge in [0.05, 0.1) is 30.0 Å². The van der Waals surface area contributed by atoms with E-state index in [0.717, 1.165) is 48.1 Å². The molecule has 1 aliphatic heterocycles. The average molecular weight is 491 g/mol. The lowest BCUT2D eigenvalue weighted by Gasteiger charge is -2.34. The highest BCUT2D eigenvalue weighted by atomic mass is 16.5. The molecule has 3 aromatic heterocycles. The number of tetrazole rings is 1. The number of aromatic amines is 1. The van der Waals surface area contributed by atoms with Gasteiger partial charge in [-0.05, 0) is 79.6 Å². The van der Waals surface area contributed by atoms with E-state index < -0.39 is 6.04 Å². The van der Waals surface area contributed by atoms with Crippen molar-refractivity contribution in [3.05, 3.63) is 75.7 Å². The summed E-state index contributed by atoms with van der Waals surface area (Å²) in [5.74, 6) is 1.43. The number of nitrogens with one attached hydrogen (secondary N) is 1. The molecule has 0 spiro atoms. The quantitative estimate of drug-likeness (QED) is 0.372. The number of hydrogen-bond donors (Lipinski definition) is 1. The lowest BCUT2D eigenvalue weighted by molar-refractivity contribution is 0.0534. The van der Waals surface area contributed by atoms with Crippen LogP contribution >= 0.6 is 0 Å². The number of H-pyrrole nitrogens is 1. The van der Waals surface area contributed by atoms with Gasteiger partial charge in [0.2, 0.25) is 0 Å². The first kappa shape index (κ1) is 24.4. The molecule has 9 nitrogen and oxygen atoms in total. The molecule has 0 aliphatic carbocycles.